The van der Waals surface area contributed by atoms with Crippen LogP contribution < -0.4 is 5.32 Å². The normalized spacial score (nSPS) is 15.4. The fraction of sp³-hybridized carbons (Fsp3) is 0.625. The predicted octanol–water partition coefficient (Wildman–Crippen LogP) is 2.94. The number of carbonyl (C=O) groups is 2. The third-order valence-electron chi connectivity index (χ3n) is 4.00. The molecule has 0 radical (unpaired) electrons. The smallest absolute Gasteiger partial charge is 0.339 e. The van der Waals surface area contributed by atoms with Gasteiger partial charge in [0.2, 0.25) is 0 Å². The molecule has 1 amide bonds. The van der Waals surface area contributed by atoms with Gasteiger partial charge in [0.15, 0.2) is 6.61 Å². The number of thiophene rings is 1. The highest BCUT2D eigenvalue weighted by atomic mass is 32.1. The van der Waals surface area contributed by atoms with Gasteiger partial charge in [-0.1, -0.05) is 13.8 Å². The molecule has 1 aromatic rings. The summed E-state index contributed by atoms with van der Waals surface area (Å²) in [5.41, 5.74) is 1.78. The van der Waals surface area contributed by atoms with Crippen molar-refractivity contribution < 1.29 is 14.3 Å². The van der Waals surface area contributed by atoms with Crippen molar-refractivity contribution in [1.29, 1.82) is 0 Å². The van der Waals surface area contributed by atoms with E-state index in [0.717, 1.165) is 24.8 Å². The Morgan fingerprint density at radius 2 is 2.00 bits per heavy atom. The highest BCUT2D eigenvalue weighted by Crippen LogP contribution is 2.30. The lowest BCUT2D eigenvalue weighted by Gasteiger charge is -2.17. The van der Waals surface area contributed by atoms with Gasteiger partial charge in [-0.25, -0.2) is 4.79 Å². The first-order valence-electron chi connectivity index (χ1n) is 7.54. The SMILES string of the molecule is CC(C)[C@H](C)NC(=O)COC(=O)c1csc2c1CCCC2. The van der Waals surface area contributed by atoms with E-state index in [9.17, 15) is 9.59 Å². The summed E-state index contributed by atoms with van der Waals surface area (Å²) < 4.78 is 5.15. The Labute approximate surface area is 129 Å². The number of hydrogen-bond acceptors (Lipinski definition) is 4. The van der Waals surface area contributed by atoms with Crippen LogP contribution in [0.4, 0.5) is 0 Å². The predicted molar refractivity (Wildman–Crippen MR) is 83.7 cm³/mol. The quantitative estimate of drug-likeness (QED) is 0.851. The molecule has 0 aromatic carbocycles. The maximum absolute atomic E-state index is 12.1. The van der Waals surface area contributed by atoms with Crippen molar-refractivity contribution in [3.63, 3.8) is 0 Å². The van der Waals surface area contributed by atoms with Crippen LogP contribution in [0.2, 0.25) is 0 Å². The summed E-state index contributed by atoms with van der Waals surface area (Å²) in [6, 6.07) is 0.0742. The first-order valence-corrected chi connectivity index (χ1v) is 8.42. The van der Waals surface area contributed by atoms with Crippen LogP contribution in [0.25, 0.3) is 0 Å². The summed E-state index contributed by atoms with van der Waals surface area (Å²) in [5.74, 6) is -0.260. The molecule has 1 heterocycles. The lowest BCUT2D eigenvalue weighted by molar-refractivity contribution is -0.125. The molecule has 1 aromatic heterocycles. The van der Waals surface area contributed by atoms with E-state index in [1.807, 2.05) is 26.2 Å². The second-order valence-electron chi connectivity index (χ2n) is 5.93. The summed E-state index contributed by atoms with van der Waals surface area (Å²) in [5, 5.41) is 4.70. The van der Waals surface area contributed by atoms with E-state index < -0.39 is 0 Å². The molecule has 0 saturated carbocycles. The van der Waals surface area contributed by atoms with E-state index in [4.69, 9.17) is 4.74 Å². The molecule has 0 saturated heterocycles. The number of esters is 1. The lowest BCUT2D eigenvalue weighted by Crippen LogP contribution is -2.38. The molecular formula is C16H23NO3S. The van der Waals surface area contributed by atoms with Crippen LogP contribution >= 0.6 is 11.3 Å². The molecule has 116 valence electrons. The lowest BCUT2D eigenvalue weighted by atomic mass is 9.96. The molecule has 21 heavy (non-hydrogen) atoms. The molecule has 1 N–H and O–H groups in total. The van der Waals surface area contributed by atoms with Crippen LogP contribution in [0.15, 0.2) is 5.38 Å². The molecular weight excluding hydrogens is 286 g/mol. The summed E-state index contributed by atoms with van der Waals surface area (Å²) in [6.45, 7) is 5.81. The van der Waals surface area contributed by atoms with Crippen LogP contribution in [0.1, 0.15) is 54.4 Å². The van der Waals surface area contributed by atoms with Crippen LogP contribution in [-0.4, -0.2) is 24.5 Å². The molecule has 0 aliphatic heterocycles. The highest BCUT2D eigenvalue weighted by molar-refractivity contribution is 7.10. The Morgan fingerprint density at radius 3 is 2.71 bits per heavy atom. The van der Waals surface area contributed by atoms with E-state index in [2.05, 4.69) is 5.32 Å². The maximum Gasteiger partial charge on any atom is 0.339 e. The number of carbonyl (C=O) groups excluding carboxylic acids is 2. The van der Waals surface area contributed by atoms with E-state index in [1.54, 1.807) is 11.3 Å². The van der Waals surface area contributed by atoms with Gasteiger partial charge in [0, 0.05) is 16.3 Å². The first-order chi connectivity index (χ1) is 9.99. The van der Waals surface area contributed by atoms with Gasteiger partial charge in [0.1, 0.15) is 0 Å². The van der Waals surface area contributed by atoms with E-state index >= 15 is 0 Å². The molecule has 4 nitrogen and oxygen atoms in total. The van der Waals surface area contributed by atoms with Crippen LogP contribution in [0.5, 0.6) is 0 Å². The summed E-state index contributed by atoms with van der Waals surface area (Å²) >= 11 is 1.63. The molecule has 0 unspecified atom stereocenters. The van der Waals surface area contributed by atoms with Crippen molar-refractivity contribution in [2.45, 2.75) is 52.5 Å². The summed E-state index contributed by atoms with van der Waals surface area (Å²) in [6.07, 6.45) is 4.31. The minimum absolute atomic E-state index is 0.0742. The van der Waals surface area contributed by atoms with Gasteiger partial charge in [0.05, 0.1) is 5.56 Å². The summed E-state index contributed by atoms with van der Waals surface area (Å²) in [7, 11) is 0. The molecule has 0 bridgehead atoms. The number of aryl methyl sites for hydroxylation is 1. The molecule has 0 fully saturated rings. The van der Waals surface area contributed by atoms with Gasteiger partial charge in [-0.05, 0) is 44.1 Å². The number of ether oxygens (including phenoxy) is 1. The summed E-state index contributed by atoms with van der Waals surface area (Å²) in [4.78, 5) is 25.1. The van der Waals surface area contributed by atoms with E-state index in [-0.39, 0.29) is 24.5 Å². The molecule has 2 rings (SSSR count). The number of rotatable bonds is 5. The minimum atomic E-state index is -0.373. The van der Waals surface area contributed by atoms with E-state index in [0.29, 0.717) is 11.5 Å². The van der Waals surface area contributed by atoms with Gasteiger partial charge in [-0.2, -0.15) is 0 Å². The van der Waals surface area contributed by atoms with Gasteiger partial charge < -0.3 is 10.1 Å². The molecule has 0 spiro atoms. The van der Waals surface area contributed by atoms with Crippen molar-refractivity contribution in [1.82, 2.24) is 5.32 Å². The van der Waals surface area contributed by atoms with Crippen LogP contribution in [-0.2, 0) is 22.4 Å². The Bertz CT molecular complexity index is 522. The Balaban J connectivity index is 1.87. The van der Waals surface area contributed by atoms with Crippen molar-refractivity contribution in [3.05, 3.63) is 21.4 Å². The highest BCUT2D eigenvalue weighted by Gasteiger charge is 2.22. The van der Waals surface area contributed by atoms with Crippen molar-refractivity contribution in [2.75, 3.05) is 6.61 Å². The molecule has 1 aliphatic carbocycles. The van der Waals surface area contributed by atoms with Gasteiger partial charge >= 0.3 is 5.97 Å². The first kappa shape index (κ1) is 16.0. The van der Waals surface area contributed by atoms with Crippen molar-refractivity contribution in [3.8, 4) is 0 Å². The Kier molecular flexibility index (Phi) is 5.39. The van der Waals surface area contributed by atoms with E-state index in [1.165, 1.54) is 11.3 Å². The Morgan fingerprint density at radius 1 is 1.29 bits per heavy atom. The van der Waals surface area contributed by atoms with Crippen molar-refractivity contribution >= 4 is 23.2 Å². The average Bonchev–Trinajstić information content (AvgIpc) is 2.88. The van der Waals surface area contributed by atoms with Gasteiger partial charge in [0.25, 0.3) is 5.91 Å². The minimum Gasteiger partial charge on any atom is -0.452 e. The zero-order valence-electron chi connectivity index (χ0n) is 12.9. The second kappa shape index (κ2) is 7.07. The third kappa shape index (κ3) is 4.06. The van der Waals surface area contributed by atoms with Crippen LogP contribution in [0.3, 0.4) is 0 Å². The second-order valence-corrected chi connectivity index (χ2v) is 6.90. The average molecular weight is 309 g/mol. The van der Waals surface area contributed by atoms with Crippen LogP contribution in [0, 0.1) is 5.92 Å². The topological polar surface area (TPSA) is 55.4 Å². The monoisotopic (exact) mass is 309 g/mol. The zero-order valence-corrected chi connectivity index (χ0v) is 13.7. The number of hydrogen-bond donors (Lipinski definition) is 1. The fourth-order valence-corrected chi connectivity index (χ4v) is 3.45. The number of nitrogens with one attached hydrogen (secondary N) is 1. The number of fused-ring (bicyclic) bond motifs is 1. The standard InChI is InChI=1S/C16H23NO3S/c1-10(2)11(3)17-15(18)8-20-16(19)13-9-21-14-7-5-4-6-12(13)14/h9-11H,4-8H2,1-3H3,(H,17,18)/t11-/m0/s1. The Hall–Kier alpha value is -1.36. The molecule has 1 aliphatic rings. The maximum atomic E-state index is 12.1. The molecule has 1 atom stereocenters. The fourth-order valence-electron chi connectivity index (χ4n) is 2.34. The molecule has 5 heteroatoms. The zero-order chi connectivity index (χ0) is 15.4. The largest absolute Gasteiger partial charge is 0.452 e. The third-order valence-corrected chi connectivity index (χ3v) is 5.09. The van der Waals surface area contributed by atoms with Gasteiger partial charge in [-0.3, -0.25) is 4.79 Å². The van der Waals surface area contributed by atoms with Crippen molar-refractivity contribution in [2.24, 2.45) is 5.92 Å². The van der Waals surface area contributed by atoms with Gasteiger partial charge in [-0.15, -0.1) is 11.3 Å². The number of amides is 1.